The third-order valence-electron chi connectivity index (χ3n) is 4.25. The van der Waals surface area contributed by atoms with Crippen molar-refractivity contribution in [2.45, 2.75) is 38.8 Å². The van der Waals surface area contributed by atoms with E-state index in [1.165, 1.54) is 5.56 Å². The molecule has 0 radical (unpaired) electrons. The van der Waals surface area contributed by atoms with E-state index in [2.05, 4.69) is 43.7 Å². The Kier molecular flexibility index (Phi) is 7.71. The SMILES string of the molecule is CCCS(=O)(=O)N1CCC(NC(=NC)NCc2ccc(Br)cc2)CC1. The summed E-state index contributed by atoms with van der Waals surface area (Å²) >= 11 is 3.43. The van der Waals surface area contributed by atoms with Crippen molar-refractivity contribution >= 4 is 31.9 Å². The van der Waals surface area contributed by atoms with Crippen LogP contribution in [0.5, 0.6) is 0 Å². The summed E-state index contributed by atoms with van der Waals surface area (Å²) in [6.45, 7) is 3.73. The highest BCUT2D eigenvalue weighted by atomic mass is 79.9. The number of aliphatic imine (C=N–C) groups is 1. The second-order valence-electron chi connectivity index (χ2n) is 6.19. The van der Waals surface area contributed by atoms with Crippen LogP contribution in [0.3, 0.4) is 0 Å². The molecule has 0 aliphatic carbocycles. The van der Waals surface area contributed by atoms with Crippen molar-refractivity contribution in [2.75, 3.05) is 25.9 Å². The van der Waals surface area contributed by atoms with E-state index in [0.717, 1.165) is 23.3 Å². The monoisotopic (exact) mass is 430 g/mol. The van der Waals surface area contributed by atoms with Gasteiger partial charge in [-0.25, -0.2) is 12.7 Å². The molecule has 1 heterocycles. The molecule has 0 aromatic heterocycles. The first-order valence-electron chi connectivity index (χ1n) is 8.64. The normalized spacial score (nSPS) is 17.5. The van der Waals surface area contributed by atoms with Crippen LogP contribution in [0.25, 0.3) is 0 Å². The molecule has 0 unspecified atom stereocenters. The van der Waals surface area contributed by atoms with Crippen molar-refractivity contribution in [2.24, 2.45) is 4.99 Å². The molecule has 0 spiro atoms. The lowest BCUT2D eigenvalue weighted by Crippen LogP contribution is -2.49. The van der Waals surface area contributed by atoms with E-state index in [4.69, 9.17) is 0 Å². The zero-order valence-corrected chi connectivity index (χ0v) is 17.2. The number of hydrogen-bond donors (Lipinski definition) is 2. The van der Waals surface area contributed by atoms with Gasteiger partial charge < -0.3 is 10.6 Å². The number of rotatable bonds is 6. The van der Waals surface area contributed by atoms with E-state index in [1.54, 1.807) is 11.4 Å². The maximum Gasteiger partial charge on any atom is 0.214 e. The number of guanidine groups is 1. The number of hydrogen-bond acceptors (Lipinski definition) is 3. The molecule has 1 aliphatic rings. The molecule has 1 aromatic rings. The van der Waals surface area contributed by atoms with E-state index in [9.17, 15) is 8.42 Å². The Hall–Kier alpha value is -1.12. The molecule has 8 heteroatoms. The Morgan fingerprint density at radius 2 is 1.92 bits per heavy atom. The maximum atomic E-state index is 12.1. The molecular formula is C17H27BrN4O2S. The predicted molar refractivity (Wildman–Crippen MR) is 106 cm³/mol. The first kappa shape index (κ1) is 20.2. The molecule has 2 N–H and O–H groups in total. The highest BCUT2D eigenvalue weighted by Crippen LogP contribution is 2.15. The molecule has 1 aromatic carbocycles. The summed E-state index contributed by atoms with van der Waals surface area (Å²) < 4.78 is 26.9. The fourth-order valence-corrected chi connectivity index (χ4v) is 4.65. The summed E-state index contributed by atoms with van der Waals surface area (Å²) in [7, 11) is -1.34. The number of halogens is 1. The highest BCUT2D eigenvalue weighted by molar-refractivity contribution is 9.10. The van der Waals surface area contributed by atoms with Gasteiger partial charge in [0.05, 0.1) is 5.75 Å². The van der Waals surface area contributed by atoms with Gasteiger partial charge in [0, 0.05) is 37.2 Å². The van der Waals surface area contributed by atoms with E-state index in [0.29, 0.717) is 26.1 Å². The molecule has 1 saturated heterocycles. The molecular weight excluding hydrogens is 404 g/mol. The van der Waals surface area contributed by atoms with E-state index in [-0.39, 0.29) is 11.8 Å². The van der Waals surface area contributed by atoms with Gasteiger partial charge in [-0.05, 0) is 37.0 Å². The van der Waals surface area contributed by atoms with Gasteiger partial charge in [-0.1, -0.05) is 35.0 Å². The van der Waals surface area contributed by atoms with Gasteiger partial charge in [-0.3, -0.25) is 4.99 Å². The smallest absolute Gasteiger partial charge is 0.214 e. The van der Waals surface area contributed by atoms with Crippen LogP contribution in [-0.2, 0) is 16.6 Å². The molecule has 25 heavy (non-hydrogen) atoms. The molecule has 0 bridgehead atoms. The summed E-state index contributed by atoms with van der Waals surface area (Å²) in [6.07, 6.45) is 2.25. The summed E-state index contributed by atoms with van der Waals surface area (Å²) in [6, 6.07) is 8.38. The first-order chi connectivity index (χ1) is 11.9. The van der Waals surface area contributed by atoms with Gasteiger partial charge >= 0.3 is 0 Å². The summed E-state index contributed by atoms with van der Waals surface area (Å²) in [5.41, 5.74) is 1.17. The van der Waals surface area contributed by atoms with Gasteiger partial charge in [0.1, 0.15) is 0 Å². The number of sulfonamides is 1. The number of piperidine rings is 1. The number of nitrogens with one attached hydrogen (secondary N) is 2. The maximum absolute atomic E-state index is 12.1. The minimum Gasteiger partial charge on any atom is -0.354 e. The van der Waals surface area contributed by atoms with Gasteiger partial charge in [-0.15, -0.1) is 0 Å². The van der Waals surface area contributed by atoms with E-state index in [1.807, 2.05) is 19.1 Å². The Morgan fingerprint density at radius 1 is 1.28 bits per heavy atom. The molecule has 0 atom stereocenters. The predicted octanol–water partition coefficient (Wildman–Crippen LogP) is 2.32. The van der Waals surface area contributed by atoms with Gasteiger partial charge in [0.2, 0.25) is 10.0 Å². The van der Waals surface area contributed by atoms with Crippen LogP contribution < -0.4 is 10.6 Å². The Balaban J connectivity index is 1.80. The van der Waals surface area contributed by atoms with Crippen LogP contribution in [0, 0.1) is 0 Å². The van der Waals surface area contributed by atoms with Crippen molar-refractivity contribution in [3.63, 3.8) is 0 Å². The molecule has 6 nitrogen and oxygen atoms in total. The molecule has 0 saturated carbocycles. The number of nitrogens with zero attached hydrogens (tertiary/aromatic N) is 2. The van der Waals surface area contributed by atoms with Crippen molar-refractivity contribution in [1.82, 2.24) is 14.9 Å². The fraction of sp³-hybridized carbons (Fsp3) is 0.588. The van der Waals surface area contributed by atoms with Gasteiger partial charge in [-0.2, -0.15) is 0 Å². The Labute approximate surface area is 159 Å². The third-order valence-corrected chi connectivity index (χ3v) is 6.85. The van der Waals surface area contributed by atoms with E-state index < -0.39 is 10.0 Å². The minimum atomic E-state index is -3.08. The average molecular weight is 431 g/mol. The lowest BCUT2D eigenvalue weighted by atomic mass is 10.1. The molecule has 2 rings (SSSR count). The summed E-state index contributed by atoms with van der Waals surface area (Å²) in [5, 5.41) is 6.71. The van der Waals surface area contributed by atoms with Crippen LogP contribution in [0.15, 0.2) is 33.7 Å². The van der Waals surface area contributed by atoms with Crippen molar-refractivity contribution in [3.05, 3.63) is 34.3 Å². The van der Waals surface area contributed by atoms with Crippen molar-refractivity contribution < 1.29 is 8.42 Å². The summed E-state index contributed by atoms with van der Waals surface area (Å²) in [5.74, 6) is 0.986. The summed E-state index contributed by atoms with van der Waals surface area (Å²) in [4.78, 5) is 4.27. The van der Waals surface area contributed by atoms with Crippen molar-refractivity contribution in [3.8, 4) is 0 Å². The van der Waals surface area contributed by atoms with E-state index >= 15 is 0 Å². The molecule has 0 amide bonds. The minimum absolute atomic E-state index is 0.238. The fourth-order valence-electron chi connectivity index (χ4n) is 2.84. The van der Waals surface area contributed by atoms with Crippen molar-refractivity contribution in [1.29, 1.82) is 0 Å². The third kappa shape index (κ3) is 6.27. The highest BCUT2D eigenvalue weighted by Gasteiger charge is 2.27. The molecule has 1 fully saturated rings. The second-order valence-corrected chi connectivity index (χ2v) is 9.19. The number of benzene rings is 1. The Bertz CT molecular complexity index is 668. The first-order valence-corrected chi connectivity index (χ1v) is 11.0. The molecule has 140 valence electrons. The van der Waals surface area contributed by atoms with Crippen LogP contribution in [-0.4, -0.2) is 50.6 Å². The van der Waals surface area contributed by atoms with Gasteiger partial charge in [0.25, 0.3) is 0 Å². The largest absolute Gasteiger partial charge is 0.354 e. The lowest BCUT2D eigenvalue weighted by Gasteiger charge is -2.32. The topological polar surface area (TPSA) is 73.8 Å². The van der Waals surface area contributed by atoms with Crippen LogP contribution in [0.1, 0.15) is 31.7 Å². The van der Waals surface area contributed by atoms with Crippen LogP contribution in [0.2, 0.25) is 0 Å². The van der Waals surface area contributed by atoms with Gasteiger partial charge in [0.15, 0.2) is 5.96 Å². The van der Waals surface area contributed by atoms with Crippen LogP contribution in [0.4, 0.5) is 0 Å². The second kappa shape index (κ2) is 9.54. The average Bonchev–Trinajstić information content (AvgIpc) is 2.60. The quantitative estimate of drug-likeness (QED) is 0.536. The molecule has 1 aliphatic heterocycles. The zero-order valence-electron chi connectivity index (χ0n) is 14.8. The lowest BCUT2D eigenvalue weighted by molar-refractivity contribution is 0.306. The Morgan fingerprint density at radius 3 is 2.48 bits per heavy atom. The standard InChI is InChI=1S/C17H27BrN4O2S/c1-3-12-25(23,24)22-10-8-16(9-11-22)21-17(19-2)20-13-14-4-6-15(18)7-5-14/h4-7,16H,3,8-13H2,1-2H3,(H2,19,20,21). The zero-order chi connectivity index (χ0) is 18.3. The van der Waals surface area contributed by atoms with Crippen LogP contribution >= 0.6 is 15.9 Å².